The Morgan fingerprint density at radius 3 is 2.90 bits per heavy atom. The van der Waals surface area contributed by atoms with Crippen molar-refractivity contribution < 1.29 is 9.31 Å². The second-order valence-corrected chi connectivity index (χ2v) is 4.24. The van der Waals surface area contributed by atoms with Crippen molar-refractivity contribution in [2.75, 3.05) is 0 Å². The van der Waals surface area contributed by atoms with Gasteiger partial charge in [-0.2, -0.15) is 0 Å². The zero-order chi connectivity index (χ0) is 15.0. The van der Waals surface area contributed by atoms with Crippen LogP contribution < -0.4 is 5.69 Å². The van der Waals surface area contributed by atoms with Crippen molar-refractivity contribution in [3.8, 4) is 0 Å². The lowest BCUT2D eigenvalue weighted by Gasteiger charge is -2.03. The van der Waals surface area contributed by atoms with Crippen LogP contribution in [0, 0.1) is 15.9 Å². The molecule has 0 saturated carbocycles. The number of hydrogen-bond donors (Lipinski definition) is 0. The summed E-state index contributed by atoms with van der Waals surface area (Å²) in [5.74, 6) is -0.758. The van der Waals surface area contributed by atoms with Crippen LogP contribution in [0.1, 0.15) is 5.56 Å². The van der Waals surface area contributed by atoms with Gasteiger partial charge >= 0.3 is 5.69 Å². The van der Waals surface area contributed by atoms with E-state index < -0.39 is 22.1 Å². The molecule has 1 aromatic carbocycles. The predicted octanol–water partition coefficient (Wildman–Crippen LogP) is 0.987. The standard InChI is InChI=1S/C12H8FN5O3/c13-9-2-1-3-10(18(20)21)8(9)7-17-12(19)16-5-4-14-6-11(16)15-17/h1-6H,7H2. The summed E-state index contributed by atoms with van der Waals surface area (Å²) in [7, 11) is 0. The third-order valence-electron chi connectivity index (χ3n) is 2.99. The topological polar surface area (TPSA) is 95.3 Å². The number of nitro benzene ring substituents is 1. The molecule has 21 heavy (non-hydrogen) atoms. The molecule has 3 rings (SSSR count). The van der Waals surface area contributed by atoms with Crippen LogP contribution in [-0.4, -0.2) is 24.1 Å². The zero-order valence-electron chi connectivity index (χ0n) is 10.5. The normalized spacial score (nSPS) is 10.9. The molecule has 2 heterocycles. The average molecular weight is 289 g/mol. The lowest BCUT2D eigenvalue weighted by Crippen LogP contribution is -2.22. The van der Waals surface area contributed by atoms with Gasteiger partial charge in [0.2, 0.25) is 0 Å². The average Bonchev–Trinajstić information content (AvgIpc) is 2.78. The molecule has 3 aromatic rings. The summed E-state index contributed by atoms with van der Waals surface area (Å²) < 4.78 is 16.0. The highest BCUT2D eigenvalue weighted by molar-refractivity contribution is 5.41. The van der Waals surface area contributed by atoms with Gasteiger partial charge in [-0.3, -0.25) is 15.1 Å². The third-order valence-corrected chi connectivity index (χ3v) is 2.99. The predicted molar refractivity (Wildman–Crippen MR) is 69.4 cm³/mol. The first-order valence-corrected chi connectivity index (χ1v) is 5.89. The minimum absolute atomic E-state index is 0.194. The molecule has 0 amide bonds. The van der Waals surface area contributed by atoms with Crippen molar-refractivity contribution in [1.82, 2.24) is 19.2 Å². The van der Waals surface area contributed by atoms with Gasteiger partial charge in [0.15, 0.2) is 5.65 Å². The van der Waals surface area contributed by atoms with E-state index in [1.807, 2.05) is 0 Å². The molecule has 8 nitrogen and oxygen atoms in total. The van der Waals surface area contributed by atoms with Gasteiger partial charge in [0.05, 0.1) is 23.2 Å². The number of aromatic nitrogens is 4. The number of halogens is 1. The van der Waals surface area contributed by atoms with Gasteiger partial charge in [0.1, 0.15) is 5.82 Å². The van der Waals surface area contributed by atoms with E-state index in [-0.39, 0.29) is 17.8 Å². The zero-order valence-corrected chi connectivity index (χ0v) is 10.5. The first-order chi connectivity index (χ1) is 10.1. The molecule has 0 N–H and O–H groups in total. The fourth-order valence-electron chi connectivity index (χ4n) is 2.01. The molecule has 0 radical (unpaired) electrons. The Balaban J connectivity index is 2.13. The summed E-state index contributed by atoms with van der Waals surface area (Å²) in [6.45, 7) is -0.330. The highest BCUT2D eigenvalue weighted by atomic mass is 19.1. The fraction of sp³-hybridized carbons (Fsp3) is 0.0833. The van der Waals surface area contributed by atoms with Crippen molar-refractivity contribution in [2.45, 2.75) is 6.54 Å². The molecule has 9 heteroatoms. The van der Waals surface area contributed by atoms with Crippen LogP contribution >= 0.6 is 0 Å². The van der Waals surface area contributed by atoms with Crippen LogP contribution in [0.4, 0.5) is 10.1 Å². The summed E-state index contributed by atoms with van der Waals surface area (Å²) >= 11 is 0. The fourth-order valence-corrected chi connectivity index (χ4v) is 2.01. The molecule has 0 bridgehead atoms. The van der Waals surface area contributed by atoms with E-state index in [0.717, 1.165) is 10.7 Å². The Labute approximate surface area is 116 Å². The summed E-state index contributed by atoms with van der Waals surface area (Å²) in [4.78, 5) is 26.1. The van der Waals surface area contributed by atoms with E-state index in [4.69, 9.17) is 0 Å². The van der Waals surface area contributed by atoms with Gasteiger partial charge in [-0.15, -0.1) is 5.10 Å². The van der Waals surface area contributed by atoms with E-state index >= 15 is 0 Å². The van der Waals surface area contributed by atoms with Crippen molar-refractivity contribution in [3.05, 3.63) is 68.8 Å². The number of hydrogen-bond acceptors (Lipinski definition) is 5. The van der Waals surface area contributed by atoms with Crippen LogP contribution in [0.15, 0.2) is 41.6 Å². The van der Waals surface area contributed by atoms with Gasteiger partial charge in [0.25, 0.3) is 5.69 Å². The molecule has 0 aliphatic rings. The Bertz CT molecular complexity index is 901. The summed E-state index contributed by atoms with van der Waals surface area (Å²) in [6.07, 6.45) is 4.19. The van der Waals surface area contributed by atoms with Gasteiger partial charge in [0, 0.05) is 18.5 Å². The summed E-state index contributed by atoms with van der Waals surface area (Å²) in [6, 6.07) is 3.53. The smallest absolute Gasteiger partial charge is 0.259 e. The molecule has 2 aromatic heterocycles. The number of benzene rings is 1. The Hall–Kier alpha value is -3.10. The van der Waals surface area contributed by atoms with E-state index in [2.05, 4.69) is 10.1 Å². The second kappa shape index (κ2) is 4.78. The van der Waals surface area contributed by atoms with Gasteiger partial charge < -0.3 is 0 Å². The Kier molecular flexibility index (Phi) is 2.94. The first-order valence-electron chi connectivity index (χ1n) is 5.89. The maximum absolute atomic E-state index is 13.8. The van der Waals surface area contributed by atoms with Crippen molar-refractivity contribution in [3.63, 3.8) is 0 Å². The van der Waals surface area contributed by atoms with E-state index in [9.17, 15) is 19.3 Å². The minimum atomic E-state index is -0.758. The van der Waals surface area contributed by atoms with Crippen LogP contribution in [0.2, 0.25) is 0 Å². The number of fused-ring (bicyclic) bond motifs is 1. The molecule has 0 aliphatic heterocycles. The highest BCUT2D eigenvalue weighted by Crippen LogP contribution is 2.21. The third kappa shape index (κ3) is 2.14. The van der Waals surface area contributed by atoms with Gasteiger partial charge in [-0.25, -0.2) is 18.3 Å². The molecule has 0 atom stereocenters. The quantitative estimate of drug-likeness (QED) is 0.529. The van der Waals surface area contributed by atoms with E-state index in [1.54, 1.807) is 0 Å². The van der Waals surface area contributed by atoms with Crippen molar-refractivity contribution in [1.29, 1.82) is 0 Å². The Morgan fingerprint density at radius 1 is 1.38 bits per heavy atom. The van der Waals surface area contributed by atoms with Crippen molar-refractivity contribution in [2.24, 2.45) is 0 Å². The maximum Gasteiger partial charge on any atom is 0.350 e. The Morgan fingerprint density at radius 2 is 2.19 bits per heavy atom. The molecule has 0 aliphatic carbocycles. The lowest BCUT2D eigenvalue weighted by molar-refractivity contribution is -0.385. The SMILES string of the molecule is O=c1n(Cc2c(F)cccc2[N+](=O)[O-])nc2cnccn12. The summed E-state index contributed by atoms with van der Waals surface area (Å²) in [5.41, 5.74) is -0.829. The first kappa shape index (κ1) is 12.9. The van der Waals surface area contributed by atoms with Crippen LogP contribution in [0.25, 0.3) is 5.65 Å². The monoisotopic (exact) mass is 289 g/mol. The van der Waals surface area contributed by atoms with Crippen LogP contribution in [0.5, 0.6) is 0 Å². The number of rotatable bonds is 3. The van der Waals surface area contributed by atoms with Crippen LogP contribution in [-0.2, 0) is 6.54 Å². The molecular weight excluding hydrogens is 281 g/mol. The van der Waals surface area contributed by atoms with Crippen LogP contribution in [0.3, 0.4) is 0 Å². The molecule has 0 spiro atoms. The molecule has 106 valence electrons. The highest BCUT2D eigenvalue weighted by Gasteiger charge is 2.20. The lowest BCUT2D eigenvalue weighted by atomic mass is 10.1. The maximum atomic E-state index is 13.8. The largest absolute Gasteiger partial charge is 0.350 e. The minimum Gasteiger partial charge on any atom is -0.259 e. The molecular formula is C12H8FN5O3. The number of nitrogens with zero attached hydrogens (tertiary/aromatic N) is 5. The molecule has 0 saturated heterocycles. The van der Waals surface area contributed by atoms with Gasteiger partial charge in [-0.1, -0.05) is 6.07 Å². The second-order valence-electron chi connectivity index (χ2n) is 4.24. The van der Waals surface area contributed by atoms with Crippen molar-refractivity contribution >= 4 is 11.3 Å². The van der Waals surface area contributed by atoms with E-state index in [1.165, 1.54) is 35.1 Å². The molecule has 0 fully saturated rings. The van der Waals surface area contributed by atoms with E-state index in [0.29, 0.717) is 0 Å². The number of nitro groups is 1. The van der Waals surface area contributed by atoms with Gasteiger partial charge in [-0.05, 0) is 6.07 Å². The molecule has 0 unspecified atom stereocenters. The summed E-state index contributed by atoms with van der Waals surface area (Å²) in [5, 5.41) is 14.9.